The van der Waals surface area contributed by atoms with Crippen LogP contribution in [0.25, 0.3) is 0 Å². The standard InChI is InChI=1S/C30H50O2/c1-18-24-19-9-10-21-27(5)13-12-22(31)25(2,3)20(27)11-14-29(21,7)28(19,6)16-15-26(24,4)17-23-30(18,8)32-23/h18-24,31H,9-17H2,1-8H3/t18-,19+,20-,21+,22-,23+,24+,26-,27-,28+,29+,30-/m0/s1. The molecule has 0 aromatic heterocycles. The number of hydrogen-bond acceptors (Lipinski definition) is 2. The summed E-state index contributed by atoms with van der Waals surface area (Å²) in [5.74, 6) is 3.83. The lowest BCUT2D eigenvalue weighted by Gasteiger charge is -2.73. The molecular weight excluding hydrogens is 392 g/mol. The third-order valence-corrected chi connectivity index (χ3v) is 14.4. The minimum absolute atomic E-state index is 0.0576. The van der Waals surface area contributed by atoms with Crippen LogP contribution in [0.15, 0.2) is 0 Å². The number of hydrogen-bond donors (Lipinski definition) is 1. The van der Waals surface area contributed by atoms with Crippen molar-refractivity contribution in [1.82, 2.24) is 0 Å². The maximum atomic E-state index is 10.9. The van der Waals surface area contributed by atoms with E-state index >= 15 is 0 Å². The van der Waals surface area contributed by atoms with Crippen LogP contribution in [0.1, 0.15) is 113 Å². The third-order valence-electron chi connectivity index (χ3n) is 14.4. The molecule has 1 heterocycles. The molecule has 0 unspecified atom stereocenters. The van der Waals surface area contributed by atoms with E-state index in [1.54, 1.807) is 0 Å². The Labute approximate surface area is 197 Å². The molecule has 2 nitrogen and oxygen atoms in total. The van der Waals surface area contributed by atoms with Gasteiger partial charge in [-0.25, -0.2) is 0 Å². The van der Waals surface area contributed by atoms with E-state index in [0.29, 0.717) is 39.6 Å². The van der Waals surface area contributed by atoms with Crippen LogP contribution in [-0.4, -0.2) is 22.9 Å². The van der Waals surface area contributed by atoms with Gasteiger partial charge in [0.05, 0.1) is 17.8 Å². The van der Waals surface area contributed by atoms with Gasteiger partial charge in [0.1, 0.15) is 0 Å². The zero-order chi connectivity index (χ0) is 23.1. The SMILES string of the molecule is C[C@H]1[C@@H]2[C@H]3CC[C@@H]4[C@@]5(C)CC[C@H](O)C(C)(C)[C@@H]5CC[C@@]4(C)[C@]3(C)CC[C@@]2(C)C[C@H]2O[C@]21C. The van der Waals surface area contributed by atoms with Gasteiger partial charge in [-0.3, -0.25) is 0 Å². The van der Waals surface area contributed by atoms with Gasteiger partial charge < -0.3 is 9.84 Å². The van der Waals surface area contributed by atoms with Crippen LogP contribution in [0.3, 0.4) is 0 Å². The van der Waals surface area contributed by atoms with Crippen LogP contribution in [0.5, 0.6) is 0 Å². The number of rotatable bonds is 0. The van der Waals surface area contributed by atoms with E-state index in [-0.39, 0.29) is 17.1 Å². The van der Waals surface area contributed by atoms with Crippen molar-refractivity contribution in [3.8, 4) is 0 Å². The molecule has 6 rings (SSSR count). The van der Waals surface area contributed by atoms with Crippen LogP contribution < -0.4 is 0 Å². The lowest BCUT2D eigenvalue weighted by atomic mass is 9.31. The highest BCUT2D eigenvalue weighted by Gasteiger charge is 2.73. The Morgan fingerprint density at radius 3 is 2.19 bits per heavy atom. The number of fused-ring (bicyclic) bond motifs is 8. The summed E-state index contributed by atoms with van der Waals surface area (Å²) in [4.78, 5) is 0. The van der Waals surface area contributed by atoms with Gasteiger partial charge in [-0.1, -0.05) is 48.5 Å². The summed E-state index contributed by atoms with van der Waals surface area (Å²) in [6.07, 6.45) is 12.3. The molecule has 0 amide bonds. The highest BCUT2D eigenvalue weighted by Crippen LogP contribution is 2.78. The van der Waals surface area contributed by atoms with Crippen LogP contribution in [0.2, 0.25) is 0 Å². The average Bonchev–Trinajstić information content (AvgIpc) is 3.37. The second-order valence-electron chi connectivity index (χ2n) is 15.5. The van der Waals surface area contributed by atoms with Gasteiger partial charge in [-0.15, -0.1) is 0 Å². The maximum Gasteiger partial charge on any atom is 0.0948 e. The molecule has 5 aliphatic carbocycles. The largest absolute Gasteiger partial charge is 0.393 e. The second kappa shape index (κ2) is 6.18. The molecule has 6 aliphatic rings. The quantitative estimate of drug-likeness (QED) is 0.401. The van der Waals surface area contributed by atoms with Crippen molar-refractivity contribution in [2.45, 2.75) is 131 Å². The molecule has 0 radical (unpaired) electrons. The molecule has 1 aliphatic heterocycles. The molecule has 0 spiro atoms. The summed E-state index contributed by atoms with van der Waals surface area (Å²) in [6, 6.07) is 0. The summed E-state index contributed by atoms with van der Waals surface area (Å²) in [5.41, 5.74) is 1.96. The topological polar surface area (TPSA) is 32.8 Å². The van der Waals surface area contributed by atoms with Crippen LogP contribution in [0, 0.1) is 56.7 Å². The zero-order valence-corrected chi connectivity index (χ0v) is 22.3. The van der Waals surface area contributed by atoms with Gasteiger partial charge in [0, 0.05) is 0 Å². The molecule has 0 aromatic rings. The minimum Gasteiger partial charge on any atom is -0.393 e. The Morgan fingerprint density at radius 1 is 0.750 bits per heavy atom. The zero-order valence-electron chi connectivity index (χ0n) is 22.3. The van der Waals surface area contributed by atoms with Crippen molar-refractivity contribution in [2.75, 3.05) is 0 Å². The van der Waals surface area contributed by atoms with Crippen molar-refractivity contribution in [1.29, 1.82) is 0 Å². The Bertz CT molecular complexity index is 820. The van der Waals surface area contributed by atoms with E-state index in [1.807, 2.05) is 0 Å². The van der Waals surface area contributed by atoms with Gasteiger partial charge in [-0.05, 0) is 121 Å². The first-order valence-electron chi connectivity index (χ1n) is 14.1. The number of epoxide rings is 1. The predicted molar refractivity (Wildman–Crippen MR) is 130 cm³/mol. The average molecular weight is 443 g/mol. The highest BCUT2D eigenvalue weighted by molar-refractivity contribution is 5.22. The van der Waals surface area contributed by atoms with E-state index in [1.165, 1.54) is 51.4 Å². The molecule has 32 heavy (non-hydrogen) atoms. The van der Waals surface area contributed by atoms with Crippen molar-refractivity contribution < 1.29 is 9.84 Å². The normalized spacial score (nSPS) is 65.0. The molecule has 0 bridgehead atoms. The van der Waals surface area contributed by atoms with Gasteiger partial charge in [0.2, 0.25) is 0 Å². The summed E-state index contributed by atoms with van der Waals surface area (Å²) in [5, 5.41) is 10.9. The molecule has 6 fully saturated rings. The van der Waals surface area contributed by atoms with Crippen LogP contribution in [0.4, 0.5) is 0 Å². The predicted octanol–water partition coefficient (Wildman–Crippen LogP) is 7.24. The second-order valence-corrected chi connectivity index (χ2v) is 15.5. The summed E-state index contributed by atoms with van der Waals surface area (Å²) >= 11 is 0. The fourth-order valence-electron chi connectivity index (χ4n) is 12.1. The first kappa shape index (κ1) is 22.4. The maximum absolute atomic E-state index is 10.9. The highest BCUT2D eigenvalue weighted by atomic mass is 16.6. The van der Waals surface area contributed by atoms with E-state index < -0.39 is 0 Å². The van der Waals surface area contributed by atoms with Crippen molar-refractivity contribution in [3.63, 3.8) is 0 Å². The molecule has 0 aromatic carbocycles. The fourth-order valence-corrected chi connectivity index (χ4v) is 12.1. The van der Waals surface area contributed by atoms with E-state index in [4.69, 9.17) is 4.74 Å². The van der Waals surface area contributed by atoms with Crippen molar-refractivity contribution in [2.24, 2.45) is 56.7 Å². The Balaban J connectivity index is 1.39. The molecular formula is C30H50O2. The lowest BCUT2D eigenvalue weighted by molar-refractivity contribution is -0.254. The third kappa shape index (κ3) is 2.36. The van der Waals surface area contributed by atoms with E-state index in [2.05, 4.69) is 55.4 Å². The summed E-state index contributed by atoms with van der Waals surface area (Å²) in [6.45, 7) is 20.5. The van der Waals surface area contributed by atoms with Crippen molar-refractivity contribution in [3.05, 3.63) is 0 Å². The van der Waals surface area contributed by atoms with Crippen LogP contribution >= 0.6 is 0 Å². The van der Waals surface area contributed by atoms with Gasteiger partial charge >= 0.3 is 0 Å². The monoisotopic (exact) mass is 442 g/mol. The molecule has 1 saturated heterocycles. The van der Waals surface area contributed by atoms with Crippen molar-refractivity contribution >= 4 is 0 Å². The lowest BCUT2D eigenvalue weighted by Crippen LogP contribution is -2.67. The van der Waals surface area contributed by atoms with E-state index in [0.717, 1.165) is 24.2 Å². The molecule has 12 atom stereocenters. The smallest absolute Gasteiger partial charge is 0.0948 e. The number of aliphatic hydroxyl groups is 1. The first-order valence-corrected chi connectivity index (χ1v) is 14.1. The number of aliphatic hydroxyl groups excluding tert-OH is 1. The molecule has 5 saturated carbocycles. The fraction of sp³-hybridized carbons (Fsp3) is 1.00. The Kier molecular flexibility index (Phi) is 4.32. The van der Waals surface area contributed by atoms with Gasteiger partial charge in [0.25, 0.3) is 0 Å². The van der Waals surface area contributed by atoms with Gasteiger partial charge in [-0.2, -0.15) is 0 Å². The van der Waals surface area contributed by atoms with E-state index in [9.17, 15) is 5.11 Å². The summed E-state index contributed by atoms with van der Waals surface area (Å²) in [7, 11) is 0. The molecule has 1 N–H and O–H groups in total. The molecule has 182 valence electrons. The molecule has 2 heteroatoms. The Morgan fingerprint density at radius 2 is 1.47 bits per heavy atom. The Hall–Kier alpha value is -0.0800. The van der Waals surface area contributed by atoms with Gasteiger partial charge in [0.15, 0.2) is 0 Å². The summed E-state index contributed by atoms with van der Waals surface area (Å²) < 4.78 is 6.38. The minimum atomic E-state index is -0.123. The first-order chi connectivity index (χ1) is 14.7. The number of ether oxygens (including phenoxy) is 1. The van der Waals surface area contributed by atoms with Crippen LogP contribution in [-0.2, 0) is 4.74 Å².